The highest BCUT2D eigenvalue weighted by Gasteiger charge is 2.16. The minimum atomic E-state index is 0.405. The van der Waals surface area contributed by atoms with Gasteiger partial charge in [0.2, 0.25) is 0 Å². The number of rotatable bonds is 3. The molecule has 2 heterocycles. The van der Waals surface area contributed by atoms with Crippen LogP contribution in [-0.2, 0) is 0 Å². The van der Waals surface area contributed by atoms with Crippen LogP contribution in [0.1, 0.15) is 11.4 Å². The van der Waals surface area contributed by atoms with E-state index in [0.717, 1.165) is 11.4 Å². The predicted molar refractivity (Wildman–Crippen MR) is 116 cm³/mol. The molecule has 0 atom stereocenters. The van der Waals surface area contributed by atoms with E-state index in [1.54, 1.807) is 35.0 Å². The van der Waals surface area contributed by atoms with Gasteiger partial charge in [-0.2, -0.15) is 5.10 Å². The molecule has 0 saturated heterocycles. The van der Waals surface area contributed by atoms with Gasteiger partial charge in [-0.3, -0.25) is 0 Å². The first-order valence-electron chi connectivity index (χ1n) is 8.24. The van der Waals surface area contributed by atoms with Gasteiger partial charge >= 0.3 is 0 Å². The summed E-state index contributed by atoms with van der Waals surface area (Å²) in [6.45, 7) is 3.87. The zero-order chi connectivity index (χ0) is 20.0. The van der Waals surface area contributed by atoms with Crippen LogP contribution in [0.5, 0.6) is 0 Å². The van der Waals surface area contributed by atoms with Crippen LogP contribution in [0.2, 0.25) is 20.1 Å². The molecule has 4 aromatic rings. The number of fused-ring (bicyclic) bond motifs is 1. The molecule has 0 bridgehead atoms. The minimum absolute atomic E-state index is 0.405. The summed E-state index contributed by atoms with van der Waals surface area (Å²) in [5.41, 5.74) is 3.71. The Morgan fingerprint density at radius 3 is 2.04 bits per heavy atom. The Morgan fingerprint density at radius 1 is 0.786 bits per heavy atom. The van der Waals surface area contributed by atoms with Gasteiger partial charge in [-0.15, -0.1) is 0 Å². The average Bonchev–Trinajstić information content (AvgIpc) is 2.97. The Labute approximate surface area is 181 Å². The first-order valence-corrected chi connectivity index (χ1v) is 9.75. The van der Waals surface area contributed by atoms with Crippen molar-refractivity contribution in [2.45, 2.75) is 13.8 Å². The fourth-order valence-electron chi connectivity index (χ4n) is 2.83. The number of aromatic nitrogens is 4. The summed E-state index contributed by atoms with van der Waals surface area (Å²) in [5.74, 6) is 1.03. The van der Waals surface area contributed by atoms with Crippen LogP contribution in [0.25, 0.3) is 16.9 Å². The lowest BCUT2D eigenvalue weighted by molar-refractivity contribution is 0.808. The predicted octanol–water partition coefficient (Wildman–Crippen LogP) is 6.79. The first kappa shape index (κ1) is 19.3. The van der Waals surface area contributed by atoms with Crippen molar-refractivity contribution in [2.24, 2.45) is 0 Å². The molecule has 0 saturated carbocycles. The number of hydrogen-bond donors (Lipinski definition) is 1. The summed E-state index contributed by atoms with van der Waals surface area (Å²) in [7, 11) is 0. The lowest BCUT2D eigenvalue weighted by atomic mass is 10.3. The summed E-state index contributed by atoms with van der Waals surface area (Å²) in [5, 5.41) is 9.50. The van der Waals surface area contributed by atoms with Crippen LogP contribution < -0.4 is 5.32 Å². The van der Waals surface area contributed by atoms with Crippen LogP contribution in [0.15, 0.2) is 36.4 Å². The standard InChI is InChI=1S/C19H13Cl4N5/c1-9-5-10(2)28(27-9)19-18(24-11-3-4-12(20)13(21)6-11)25-16-7-14(22)15(23)8-17(16)26-19/h3-8H,1-2H3,(H,24,25). The molecule has 9 heteroatoms. The molecule has 0 radical (unpaired) electrons. The summed E-state index contributed by atoms with van der Waals surface area (Å²) in [6.07, 6.45) is 0. The van der Waals surface area contributed by atoms with Gasteiger partial charge in [-0.05, 0) is 50.2 Å². The van der Waals surface area contributed by atoms with E-state index < -0.39 is 0 Å². The largest absolute Gasteiger partial charge is 0.337 e. The quantitative estimate of drug-likeness (QED) is 0.371. The van der Waals surface area contributed by atoms with Crippen LogP contribution in [0.4, 0.5) is 11.5 Å². The van der Waals surface area contributed by atoms with Gasteiger partial charge in [0.05, 0.1) is 36.8 Å². The fraction of sp³-hybridized carbons (Fsp3) is 0.105. The van der Waals surface area contributed by atoms with E-state index >= 15 is 0 Å². The van der Waals surface area contributed by atoms with Crippen LogP contribution in [-0.4, -0.2) is 19.7 Å². The molecule has 2 aromatic heterocycles. The number of benzene rings is 2. The lowest BCUT2D eigenvalue weighted by Gasteiger charge is -2.14. The molecule has 0 unspecified atom stereocenters. The zero-order valence-corrected chi connectivity index (χ0v) is 17.8. The third-order valence-electron chi connectivity index (χ3n) is 4.08. The van der Waals surface area contributed by atoms with Gasteiger partial charge < -0.3 is 5.32 Å². The summed E-state index contributed by atoms with van der Waals surface area (Å²) >= 11 is 24.5. The second kappa shape index (κ2) is 7.41. The Hall–Kier alpha value is -2.05. The highest BCUT2D eigenvalue weighted by molar-refractivity contribution is 6.43. The van der Waals surface area contributed by atoms with Gasteiger partial charge in [0, 0.05) is 11.4 Å². The first-order chi connectivity index (χ1) is 13.3. The van der Waals surface area contributed by atoms with E-state index in [-0.39, 0.29) is 0 Å². The van der Waals surface area contributed by atoms with Crippen molar-refractivity contribution in [1.29, 1.82) is 0 Å². The number of halogens is 4. The summed E-state index contributed by atoms with van der Waals surface area (Å²) in [4.78, 5) is 9.43. The maximum atomic E-state index is 6.16. The van der Waals surface area contributed by atoms with E-state index in [1.807, 2.05) is 19.9 Å². The number of nitrogens with zero attached hydrogens (tertiary/aromatic N) is 4. The van der Waals surface area contributed by atoms with Gasteiger partial charge in [0.1, 0.15) is 0 Å². The third-order valence-corrected chi connectivity index (χ3v) is 5.54. The molecule has 0 amide bonds. The molecule has 5 nitrogen and oxygen atoms in total. The molecule has 0 aliphatic carbocycles. The smallest absolute Gasteiger partial charge is 0.197 e. The maximum absolute atomic E-state index is 6.16. The van der Waals surface area contributed by atoms with Crippen molar-refractivity contribution < 1.29 is 0 Å². The van der Waals surface area contributed by atoms with Gasteiger partial charge in [0.15, 0.2) is 11.6 Å². The molecule has 142 valence electrons. The molecular weight excluding hydrogens is 440 g/mol. The minimum Gasteiger partial charge on any atom is -0.337 e. The molecular formula is C19H13Cl4N5. The lowest BCUT2D eigenvalue weighted by Crippen LogP contribution is -2.08. The number of anilines is 2. The zero-order valence-electron chi connectivity index (χ0n) is 14.8. The van der Waals surface area contributed by atoms with Gasteiger partial charge in [-0.1, -0.05) is 46.4 Å². The molecule has 28 heavy (non-hydrogen) atoms. The van der Waals surface area contributed by atoms with Crippen molar-refractivity contribution in [1.82, 2.24) is 19.7 Å². The second-order valence-electron chi connectivity index (χ2n) is 6.24. The van der Waals surface area contributed by atoms with Gasteiger partial charge in [0.25, 0.3) is 0 Å². The summed E-state index contributed by atoms with van der Waals surface area (Å²) < 4.78 is 1.73. The normalized spacial score (nSPS) is 11.2. The second-order valence-corrected chi connectivity index (χ2v) is 7.87. The van der Waals surface area contributed by atoms with E-state index in [1.165, 1.54) is 0 Å². The Bertz CT molecular complexity index is 1220. The van der Waals surface area contributed by atoms with Crippen LogP contribution >= 0.6 is 46.4 Å². The van der Waals surface area contributed by atoms with Crippen molar-refractivity contribution >= 4 is 68.9 Å². The van der Waals surface area contributed by atoms with E-state index in [4.69, 9.17) is 56.4 Å². The van der Waals surface area contributed by atoms with Crippen LogP contribution in [0.3, 0.4) is 0 Å². The molecule has 1 N–H and O–H groups in total. The van der Waals surface area contributed by atoms with Crippen LogP contribution in [0, 0.1) is 13.8 Å². The fourth-order valence-corrected chi connectivity index (χ4v) is 3.44. The highest BCUT2D eigenvalue weighted by atomic mass is 35.5. The maximum Gasteiger partial charge on any atom is 0.197 e. The van der Waals surface area contributed by atoms with E-state index in [9.17, 15) is 0 Å². The number of hydrogen-bond acceptors (Lipinski definition) is 4. The third kappa shape index (κ3) is 3.63. The Morgan fingerprint density at radius 2 is 1.43 bits per heavy atom. The Kier molecular flexibility index (Phi) is 5.10. The van der Waals surface area contributed by atoms with Crippen molar-refractivity contribution in [2.75, 3.05) is 5.32 Å². The number of nitrogens with one attached hydrogen (secondary N) is 1. The van der Waals surface area contributed by atoms with Crippen molar-refractivity contribution in [3.05, 3.63) is 67.9 Å². The van der Waals surface area contributed by atoms with Crippen molar-refractivity contribution in [3.8, 4) is 5.82 Å². The average molecular weight is 453 g/mol. The Balaban J connectivity index is 1.93. The molecule has 0 spiro atoms. The SMILES string of the molecule is Cc1cc(C)n(-c2nc3cc(Cl)c(Cl)cc3nc2Nc2ccc(Cl)c(Cl)c2)n1. The highest BCUT2D eigenvalue weighted by Crippen LogP contribution is 2.31. The monoisotopic (exact) mass is 451 g/mol. The van der Waals surface area contributed by atoms with Crippen molar-refractivity contribution in [3.63, 3.8) is 0 Å². The number of aryl methyl sites for hydroxylation is 2. The molecule has 4 rings (SSSR count). The summed E-state index contributed by atoms with van der Waals surface area (Å²) in [6, 6.07) is 10.6. The molecule has 0 aliphatic rings. The topological polar surface area (TPSA) is 55.6 Å². The molecule has 0 fully saturated rings. The van der Waals surface area contributed by atoms with E-state index in [2.05, 4.69) is 10.4 Å². The molecule has 2 aromatic carbocycles. The van der Waals surface area contributed by atoms with E-state index in [0.29, 0.717) is 48.4 Å². The van der Waals surface area contributed by atoms with Gasteiger partial charge in [-0.25, -0.2) is 14.6 Å². The molecule has 0 aliphatic heterocycles.